The fourth-order valence-corrected chi connectivity index (χ4v) is 11.3. The largest absolute Gasteiger partial charge is 0.395 e. The zero-order valence-electron chi connectivity index (χ0n) is 39.0. The van der Waals surface area contributed by atoms with Crippen LogP contribution >= 0.6 is 43.2 Å². The van der Waals surface area contributed by atoms with Gasteiger partial charge in [-0.25, -0.2) is 0 Å². The first-order chi connectivity index (χ1) is 29.0. The third kappa shape index (κ3) is 30.3. The third-order valence-corrected chi connectivity index (χ3v) is 15.5. The van der Waals surface area contributed by atoms with Crippen LogP contribution in [0.1, 0.15) is 157 Å². The minimum atomic E-state index is -0.682. The maximum Gasteiger partial charge on any atom is 0.243 e. The molecule has 0 heterocycles. The molecule has 60 heavy (non-hydrogen) atoms. The van der Waals surface area contributed by atoms with Crippen molar-refractivity contribution in [1.29, 1.82) is 0 Å². The summed E-state index contributed by atoms with van der Waals surface area (Å²) in [4.78, 5) is 58.5. The Labute approximate surface area is 383 Å². The summed E-state index contributed by atoms with van der Waals surface area (Å²) in [5, 5.41) is 25.6. The zero-order chi connectivity index (χ0) is 44.8. The van der Waals surface area contributed by atoms with E-state index in [9.17, 15) is 29.4 Å². The Balaban J connectivity index is 4.71. The summed E-state index contributed by atoms with van der Waals surface area (Å²) in [7, 11) is 8.95. The number of nitrogens with zero attached hydrogens (tertiary/aromatic N) is 3. The summed E-state index contributed by atoms with van der Waals surface area (Å²) in [5.74, 6) is 2.51. The van der Waals surface area contributed by atoms with Crippen LogP contribution < -0.4 is 10.6 Å². The summed E-state index contributed by atoms with van der Waals surface area (Å²) in [6, 6.07) is -1.36. The highest BCUT2D eigenvalue weighted by atomic mass is 33.1. The lowest BCUT2D eigenvalue weighted by atomic mass is 10.0. The summed E-state index contributed by atoms with van der Waals surface area (Å²) < 4.78 is 0. The molecule has 0 aliphatic rings. The van der Waals surface area contributed by atoms with Gasteiger partial charge in [-0.2, -0.15) is 0 Å². The second-order valence-corrected chi connectivity index (χ2v) is 22.0. The molecule has 0 fully saturated rings. The van der Waals surface area contributed by atoms with E-state index >= 15 is 0 Å². The van der Waals surface area contributed by atoms with E-state index in [0.717, 1.165) is 11.5 Å². The molecule has 0 aromatic heterocycles. The Hall–Kier alpha value is -0.840. The van der Waals surface area contributed by atoms with Crippen molar-refractivity contribution in [2.75, 3.05) is 82.5 Å². The van der Waals surface area contributed by atoms with Gasteiger partial charge in [0.05, 0.1) is 13.2 Å². The summed E-state index contributed by atoms with van der Waals surface area (Å²) in [6.45, 7) is 13.8. The van der Waals surface area contributed by atoms with E-state index < -0.39 is 12.1 Å². The summed E-state index contributed by atoms with van der Waals surface area (Å²) in [6.07, 6.45) is 21.4. The number of aliphatic hydroxyl groups is 2. The monoisotopic (exact) mass is 924 g/mol. The van der Waals surface area contributed by atoms with Gasteiger partial charge in [0.2, 0.25) is 23.6 Å². The lowest BCUT2D eigenvalue weighted by molar-refractivity contribution is -0.142. The second-order valence-electron chi connectivity index (χ2n) is 16.6. The van der Waals surface area contributed by atoms with Crippen molar-refractivity contribution >= 4 is 66.8 Å². The van der Waals surface area contributed by atoms with Gasteiger partial charge in [-0.05, 0) is 31.7 Å². The van der Waals surface area contributed by atoms with Gasteiger partial charge in [0.15, 0.2) is 0 Å². The molecule has 11 nitrogen and oxygen atoms in total. The van der Waals surface area contributed by atoms with Crippen LogP contribution in [0.5, 0.6) is 0 Å². The second kappa shape index (κ2) is 40.9. The maximum absolute atomic E-state index is 13.4. The molecule has 0 aromatic carbocycles. The molecule has 15 heteroatoms. The molecule has 2 unspecified atom stereocenters. The maximum atomic E-state index is 13.4. The highest BCUT2D eigenvalue weighted by Gasteiger charge is 2.33. The zero-order valence-corrected chi connectivity index (χ0v) is 42.3. The standard InChI is InChI=1S/C45H89N5O6S4/c1-8-10-12-14-16-18-20-22-34-57-59-36-24-40(53)49(30-32-51)42(38(3)4)44(55)46-26-28-48(7)29-27-47-45(56)43(39(5)6)50(31-33-52)41(54)25-37-60-58-35-23-21-19-17-15-13-11-9-2/h38-39,42-43,51-52H,8-37H2,1-7H3,(H,46,55)(H,47,56). The van der Waals surface area contributed by atoms with Gasteiger partial charge < -0.3 is 35.5 Å². The van der Waals surface area contributed by atoms with Crippen molar-refractivity contribution in [3.63, 3.8) is 0 Å². The predicted molar refractivity (Wildman–Crippen MR) is 263 cm³/mol. The molecule has 0 spiro atoms. The number of amides is 4. The van der Waals surface area contributed by atoms with Gasteiger partial charge in [-0.1, -0.05) is 175 Å². The number of carbonyl (C=O) groups is 4. The number of rotatable bonds is 42. The molecule has 0 aromatic rings. The number of carbonyl (C=O) groups excluding carboxylic acids is 4. The molecule has 2 atom stereocenters. The Bertz CT molecular complexity index is 999. The molecule has 0 aliphatic heterocycles. The third-order valence-electron chi connectivity index (χ3n) is 10.5. The topological polar surface area (TPSA) is 143 Å². The lowest BCUT2D eigenvalue weighted by Gasteiger charge is -2.33. The number of unbranched alkanes of at least 4 members (excludes halogenated alkanes) is 14. The van der Waals surface area contributed by atoms with E-state index in [1.807, 2.05) is 61.2 Å². The first-order valence-corrected chi connectivity index (χ1v) is 28.5. The van der Waals surface area contributed by atoms with E-state index in [-0.39, 0.29) is 61.8 Å². The highest BCUT2D eigenvalue weighted by molar-refractivity contribution is 8.77. The van der Waals surface area contributed by atoms with Crippen LogP contribution in [-0.2, 0) is 19.2 Å². The fraction of sp³-hybridized carbons (Fsp3) is 0.911. The van der Waals surface area contributed by atoms with Gasteiger partial charge in [0.1, 0.15) is 12.1 Å². The van der Waals surface area contributed by atoms with E-state index in [2.05, 4.69) is 24.5 Å². The van der Waals surface area contributed by atoms with Crippen LogP contribution in [-0.4, -0.2) is 143 Å². The molecule has 0 rings (SSSR count). The van der Waals surface area contributed by atoms with E-state index in [4.69, 9.17) is 0 Å². The normalized spacial score (nSPS) is 12.6. The molecular formula is C45H89N5O6S4. The highest BCUT2D eigenvalue weighted by Crippen LogP contribution is 2.26. The molecule has 0 radical (unpaired) electrons. The molecule has 0 saturated heterocycles. The van der Waals surface area contributed by atoms with Crippen molar-refractivity contribution in [3.05, 3.63) is 0 Å². The molecule has 0 bridgehead atoms. The molecule has 4 N–H and O–H groups in total. The molecule has 354 valence electrons. The number of hydrogen-bond acceptors (Lipinski definition) is 11. The molecule has 0 saturated carbocycles. The Kier molecular flexibility index (Phi) is 40.3. The van der Waals surface area contributed by atoms with Crippen molar-refractivity contribution in [2.24, 2.45) is 11.8 Å². The first-order valence-electron chi connectivity index (χ1n) is 23.5. The van der Waals surface area contributed by atoms with Gasteiger partial charge in [0.25, 0.3) is 0 Å². The van der Waals surface area contributed by atoms with Crippen LogP contribution in [0.25, 0.3) is 0 Å². The number of likely N-dealkylation sites (N-methyl/N-ethyl adjacent to an activating group) is 1. The average Bonchev–Trinajstić information content (AvgIpc) is 3.20. The van der Waals surface area contributed by atoms with Crippen LogP contribution in [0.2, 0.25) is 0 Å². The summed E-state index contributed by atoms with van der Waals surface area (Å²) >= 11 is 0. The van der Waals surface area contributed by atoms with Crippen molar-refractivity contribution in [3.8, 4) is 0 Å². The van der Waals surface area contributed by atoms with Crippen molar-refractivity contribution < 1.29 is 29.4 Å². The number of nitrogens with one attached hydrogen (secondary N) is 2. The van der Waals surface area contributed by atoms with Crippen LogP contribution in [0, 0.1) is 11.8 Å². The smallest absolute Gasteiger partial charge is 0.243 e. The van der Waals surface area contributed by atoms with Gasteiger partial charge in [0, 0.05) is 75.1 Å². The number of hydrogen-bond donors (Lipinski definition) is 4. The first kappa shape index (κ1) is 59.2. The van der Waals surface area contributed by atoms with Gasteiger partial charge >= 0.3 is 0 Å². The van der Waals surface area contributed by atoms with Gasteiger partial charge in [-0.15, -0.1) is 0 Å². The Morgan fingerprint density at radius 3 is 1.12 bits per heavy atom. The fourth-order valence-electron chi connectivity index (χ4n) is 7.09. The van der Waals surface area contributed by atoms with Crippen molar-refractivity contribution in [2.45, 2.75) is 169 Å². The average molecular weight is 925 g/mol. The van der Waals surface area contributed by atoms with E-state index in [0.29, 0.717) is 50.5 Å². The minimum Gasteiger partial charge on any atom is -0.395 e. The van der Waals surface area contributed by atoms with E-state index in [1.54, 1.807) is 21.6 Å². The summed E-state index contributed by atoms with van der Waals surface area (Å²) in [5.41, 5.74) is 0. The molecular weight excluding hydrogens is 835 g/mol. The minimum absolute atomic E-state index is 0.112. The Morgan fingerprint density at radius 2 is 0.800 bits per heavy atom. The van der Waals surface area contributed by atoms with E-state index in [1.165, 1.54) is 113 Å². The quantitative estimate of drug-likeness (QED) is 0.0345. The van der Waals surface area contributed by atoms with Crippen LogP contribution in [0.4, 0.5) is 0 Å². The SMILES string of the molecule is CCCCCCCCCCSSCCC(=O)N(CCO)C(C(=O)NCCN(C)CCNC(=O)C(C(C)C)N(CCO)C(=O)CCSSCCCCCCCCCC)C(C)C. The van der Waals surface area contributed by atoms with Crippen LogP contribution in [0.15, 0.2) is 0 Å². The molecule has 4 amide bonds. The lowest BCUT2D eigenvalue weighted by Crippen LogP contribution is -2.54. The molecule has 0 aliphatic carbocycles. The van der Waals surface area contributed by atoms with Gasteiger partial charge in [-0.3, -0.25) is 19.2 Å². The Morgan fingerprint density at radius 1 is 0.483 bits per heavy atom. The number of aliphatic hydroxyl groups excluding tert-OH is 2. The van der Waals surface area contributed by atoms with Crippen LogP contribution in [0.3, 0.4) is 0 Å². The van der Waals surface area contributed by atoms with Crippen molar-refractivity contribution in [1.82, 2.24) is 25.3 Å². The predicted octanol–water partition coefficient (Wildman–Crippen LogP) is 8.67.